The van der Waals surface area contributed by atoms with Crippen LogP contribution in [0.2, 0.25) is 0 Å². The molecule has 3 heteroatoms. The molecule has 2 unspecified atom stereocenters. The van der Waals surface area contributed by atoms with E-state index in [1.165, 1.54) is 19.3 Å². The zero-order valence-electron chi connectivity index (χ0n) is 13.4. The second-order valence-corrected chi connectivity index (χ2v) is 9.25. The molecule has 0 aromatic heterocycles. The first-order valence-corrected chi connectivity index (χ1v) is 8.15. The fraction of sp³-hybridized carbons (Fsp3) is 0.833. The monoisotopic (exact) mass is 292 g/mol. The third-order valence-electron chi connectivity index (χ3n) is 6.41. The lowest BCUT2D eigenvalue weighted by Gasteiger charge is -2.69. The molecule has 2 N–H and O–H groups in total. The largest absolute Gasteiger partial charge is 0.478 e. The Bertz CT molecular complexity index is 475. The summed E-state index contributed by atoms with van der Waals surface area (Å²) in [6.07, 6.45) is 8.54. The maximum atomic E-state index is 11.0. The summed E-state index contributed by atoms with van der Waals surface area (Å²) in [5.74, 6) is -0.867. The number of carboxylic acid groups (broad SMARTS) is 1. The summed E-state index contributed by atoms with van der Waals surface area (Å²) in [5, 5.41) is 19.1. The quantitative estimate of drug-likeness (QED) is 0.758. The van der Waals surface area contributed by atoms with Crippen molar-refractivity contribution in [2.75, 3.05) is 6.61 Å². The molecule has 0 aromatic carbocycles. The Labute approximate surface area is 127 Å². The molecule has 0 aliphatic heterocycles. The molecule has 4 rings (SSSR count). The zero-order chi connectivity index (χ0) is 15.5. The van der Waals surface area contributed by atoms with Crippen LogP contribution in [0.25, 0.3) is 0 Å². The van der Waals surface area contributed by atoms with Crippen molar-refractivity contribution >= 4 is 5.97 Å². The average molecular weight is 292 g/mol. The van der Waals surface area contributed by atoms with E-state index in [1.807, 2.05) is 0 Å². The number of carbonyl (C=O) groups is 1. The molecule has 4 saturated carbocycles. The van der Waals surface area contributed by atoms with E-state index in [4.69, 9.17) is 5.11 Å². The highest BCUT2D eigenvalue weighted by atomic mass is 16.4. The van der Waals surface area contributed by atoms with Gasteiger partial charge in [-0.1, -0.05) is 20.4 Å². The van der Waals surface area contributed by atoms with Gasteiger partial charge in [-0.15, -0.1) is 0 Å². The maximum absolute atomic E-state index is 11.0. The Morgan fingerprint density at radius 2 is 1.52 bits per heavy atom. The Balaban J connectivity index is 1.86. The molecular formula is C18H28O3. The number of aliphatic carboxylic acids is 1. The molecule has 4 fully saturated rings. The van der Waals surface area contributed by atoms with Crippen molar-refractivity contribution in [3.63, 3.8) is 0 Å². The van der Waals surface area contributed by atoms with Crippen LogP contribution in [-0.2, 0) is 4.79 Å². The second kappa shape index (κ2) is 4.34. The van der Waals surface area contributed by atoms with Gasteiger partial charge in [0.2, 0.25) is 0 Å². The van der Waals surface area contributed by atoms with Crippen LogP contribution in [0.4, 0.5) is 0 Å². The number of aliphatic hydroxyl groups excluding tert-OH is 1. The number of carboxylic acids is 1. The van der Waals surface area contributed by atoms with E-state index >= 15 is 0 Å². The van der Waals surface area contributed by atoms with Crippen LogP contribution in [0, 0.1) is 21.7 Å². The minimum absolute atomic E-state index is 0.0861. The Morgan fingerprint density at radius 1 is 1.00 bits per heavy atom. The molecule has 3 nitrogen and oxygen atoms in total. The van der Waals surface area contributed by atoms with Crippen molar-refractivity contribution in [2.24, 2.45) is 21.7 Å². The fourth-order valence-corrected chi connectivity index (χ4v) is 7.15. The van der Waals surface area contributed by atoms with Gasteiger partial charge in [0, 0.05) is 12.2 Å². The lowest BCUT2D eigenvalue weighted by molar-refractivity contribution is -0.203. The van der Waals surface area contributed by atoms with Crippen molar-refractivity contribution < 1.29 is 15.0 Å². The molecule has 2 atom stereocenters. The van der Waals surface area contributed by atoms with Gasteiger partial charge >= 0.3 is 5.97 Å². The Hall–Kier alpha value is -0.830. The third kappa shape index (κ3) is 2.44. The molecular weight excluding hydrogens is 264 g/mol. The summed E-state index contributed by atoms with van der Waals surface area (Å²) in [6.45, 7) is 8.75. The molecule has 4 aliphatic rings. The molecule has 4 aliphatic carbocycles. The van der Waals surface area contributed by atoms with E-state index in [-0.39, 0.29) is 10.8 Å². The highest BCUT2D eigenvalue weighted by molar-refractivity contribution is 5.85. The normalized spacial score (nSPS) is 47.6. The smallest absolute Gasteiger partial charge is 0.330 e. The van der Waals surface area contributed by atoms with Crippen molar-refractivity contribution in [1.29, 1.82) is 0 Å². The van der Waals surface area contributed by atoms with E-state index in [1.54, 1.807) is 0 Å². The van der Waals surface area contributed by atoms with E-state index in [0.29, 0.717) is 29.4 Å². The summed E-state index contributed by atoms with van der Waals surface area (Å²) in [5.41, 5.74) is 1.30. The maximum Gasteiger partial charge on any atom is 0.330 e. The van der Waals surface area contributed by atoms with Crippen LogP contribution < -0.4 is 0 Å². The van der Waals surface area contributed by atoms with Crippen LogP contribution in [0.15, 0.2) is 12.2 Å². The van der Waals surface area contributed by atoms with Crippen LogP contribution in [0.5, 0.6) is 0 Å². The lowest BCUT2D eigenvalue weighted by Crippen LogP contribution is -2.60. The van der Waals surface area contributed by atoms with E-state index < -0.39 is 5.97 Å². The van der Waals surface area contributed by atoms with Crippen LogP contribution in [0.3, 0.4) is 0 Å². The third-order valence-corrected chi connectivity index (χ3v) is 6.41. The first-order chi connectivity index (χ1) is 9.63. The average Bonchev–Trinajstić information content (AvgIpc) is 2.31. The fourth-order valence-electron chi connectivity index (χ4n) is 7.15. The van der Waals surface area contributed by atoms with Gasteiger partial charge in [0.15, 0.2) is 0 Å². The Morgan fingerprint density at radius 3 is 2.00 bits per heavy atom. The van der Waals surface area contributed by atoms with E-state index in [0.717, 1.165) is 25.7 Å². The minimum atomic E-state index is -0.867. The van der Waals surface area contributed by atoms with Crippen molar-refractivity contribution in [1.82, 2.24) is 0 Å². The van der Waals surface area contributed by atoms with Gasteiger partial charge in [-0.25, -0.2) is 4.79 Å². The van der Waals surface area contributed by atoms with Crippen LogP contribution in [-0.4, -0.2) is 22.8 Å². The molecule has 0 spiro atoms. The number of hydrogen-bond donors (Lipinski definition) is 2. The number of hydrogen-bond acceptors (Lipinski definition) is 2. The van der Waals surface area contributed by atoms with Gasteiger partial charge in [-0.3, -0.25) is 0 Å². The second-order valence-electron chi connectivity index (χ2n) is 9.25. The Kier molecular flexibility index (Phi) is 3.12. The van der Waals surface area contributed by atoms with Gasteiger partial charge in [-0.2, -0.15) is 0 Å². The van der Waals surface area contributed by atoms with Gasteiger partial charge in [-0.05, 0) is 73.0 Å². The number of aliphatic hydroxyl groups is 1. The number of rotatable bonds is 5. The highest BCUT2D eigenvalue weighted by Gasteiger charge is 2.64. The molecule has 0 radical (unpaired) electrons. The van der Waals surface area contributed by atoms with Crippen LogP contribution >= 0.6 is 0 Å². The summed E-state index contributed by atoms with van der Waals surface area (Å²) in [7, 11) is 0. The standard InChI is InChI=1S/C18H28O3/c1-13(14(20)21)4-5-17-7-15(2)6-16(3,8-17)10-18(9-15,11-17)12-19/h19H,1,4-12H2,2-3H3,(H,20,21). The topological polar surface area (TPSA) is 57.5 Å². The van der Waals surface area contributed by atoms with Crippen molar-refractivity contribution in [3.05, 3.63) is 12.2 Å². The molecule has 0 heterocycles. The SMILES string of the molecule is C=C(CCC12CC3(C)CC(C)(CC(CO)(C3)C1)C2)C(=O)O. The molecule has 0 aromatic rings. The van der Waals surface area contributed by atoms with Gasteiger partial charge in [0.1, 0.15) is 0 Å². The minimum Gasteiger partial charge on any atom is -0.478 e. The van der Waals surface area contributed by atoms with E-state index in [9.17, 15) is 9.90 Å². The lowest BCUT2D eigenvalue weighted by atomic mass is 9.35. The molecule has 21 heavy (non-hydrogen) atoms. The zero-order valence-corrected chi connectivity index (χ0v) is 13.4. The predicted molar refractivity (Wildman–Crippen MR) is 81.9 cm³/mol. The van der Waals surface area contributed by atoms with Crippen molar-refractivity contribution in [2.45, 2.75) is 65.2 Å². The van der Waals surface area contributed by atoms with Gasteiger partial charge in [0.25, 0.3) is 0 Å². The first-order valence-electron chi connectivity index (χ1n) is 8.15. The van der Waals surface area contributed by atoms with Gasteiger partial charge in [0.05, 0.1) is 0 Å². The highest BCUT2D eigenvalue weighted by Crippen LogP contribution is 2.74. The summed E-state index contributed by atoms with van der Waals surface area (Å²) in [6, 6.07) is 0. The first kappa shape index (κ1) is 15.1. The molecule has 0 saturated heterocycles. The summed E-state index contributed by atoms with van der Waals surface area (Å²) >= 11 is 0. The summed E-state index contributed by atoms with van der Waals surface area (Å²) < 4.78 is 0. The molecule has 4 bridgehead atoms. The predicted octanol–water partition coefficient (Wildman–Crippen LogP) is 3.77. The van der Waals surface area contributed by atoms with Crippen molar-refractivity contribution in [3.8, 4) is 0 Å². The summed E-state index contributed by atoms with van der Waals surface area (Å²) in [4.78, 5) is 11.0. The van der Waals surface area contributed by atoms with Gasteiger partial charge < -0.3 is 10.2 Å². The van der Waals surface area contributed by atoms with Crippen LogP contribution in [0.1, 0.15) is 65.2 Å². The van der Waals surface area contributed by atoms with E-state index in [2.05, 4.69) is 20.4 Å². The molecule has 0 amide bonds. The molecule has 118 valence electrons.